The van der Waals surface area contributed by atoms with Crippen LogP contribution in [-0.4, -0.2) is 25.0 Å². The van der Waals surface area contributed by atoms with E-state index in [1.807, 2.05) is 30.3 Å². The smallest absolute Gasteiger partial charge is 0.387 e. The number of carbonyl (C=O) groups excluding carboxylic acids is 2. The molecule has 0 aliphatic heterocycles. The van der Waals surface area contributed by atoms with Gasteiger partial charge in [-0.2, -0.15) is 8.78 Å². The van der Waals surface area contributed by atoms with Crippen molar-refractivity contribution in [1.29, 1.82) is 0 Å². The molecule has 3 N–H and O–H groups in total. The zero-order chi connectivity index (χ0) is 21.3. The highest BCUT2D eigenvalue weighted by molar-refractivity contribution is 6.00. The molecule has 2 amide bonds. The second-order valence-electron chi connectivity index (χ2n) is 6.17. The number of ether oxygens (including phenoxy) is 1. The van der Waals surface area contributed by atoms with Crippen LogP contribution in [0.25, 0.3) is 0 Å². The third-order valence-electron chi connectivity index (χ3n) is 3.99. The molecule has 0 aromatic heterocycles. The lowest BCUT2D eigenvalue weighted by atomic mass is 10.2. The molecule has 6 nitrogen and oxygen atoms in total. The molecule has 0 heterocycles. The Morgan fingerprint density at radius 3 is 2.10 bits per heavy atom. The number of anilines is 3. The molecule has 3 rings (SSSR count). The Balaban J connectivity index is 1.52. The van der Waals surface area contributed by atoms with Crippen molar-refractivity contribution >= 4 is 28.9 Å². The van der Waals surface area contributed by atoms with E-state index < -0.39 is 18.4 Å². The SMILES string of the molecule is O=C(CNC(=O)c1ccccc1OC(F)F)Nc1ccc(Nc2ccccc2)cc1. The predicted molar refractivity (Wildman–Crippen MR) is 110 cm³/mol. The summed E-state index contributed by atoms with van der Waals surface area (Å²) in [4.78, 5) is 24.3. The van der Waals surface area contributed by atoms with E-state index in [9.17, 15) is 18.4 Å². The summed E-state index contributed by atoms with van der Waals surface area (Å²) in [6, 6.07) is 22.3. The summed E-state index contributed by atoms with van der Waals surface area (Å²) >= 11 is 0. The van der Waals surface area contributed by atoms with Crippen LogP contribution in [0.1, 0.15) is 10.4 Å². The number of para-hydroxylation sites is 2. The quantitative estimate of drug-likeness (QED) is 0.513. The molecule has 8 heteroatoms. The standard InChI is InChI=1S/C22H19F2N3O3/c23-22(24)30-19-9-5-4-8-18(19)21(29)25-14-20(28)27-17-12-10-16(11-13-17)26-15-6-2-1-3-7-15/h1-13,22,26H,14H2,(H,25,29)(H,27,28). The third-order valence-corrected chi connectivity index (χ3v) is 3.99. The van der Waals surface area contributed by atoms with Crippen molar-refractivity contribution in [2.75, 3.05) is 17.2 Å². The van der Waals surface area contributed by atoms with Gasteiger partial charge in [-0.1, -0.05) is 30.3 Å². The molecule has 0 aliphatic carbocycles. The van der Waals surface area contributed by atoms with Crippen LogP contribution in [0.5, 0.6) is 5.75 Å². The van der Waals surface area contributed by atoms with Gasteiger partial charge in [-0.15, -0.1) is 0 Å². The summed E-state index contributed by atoms with van der Waals surface area (Å²) in [6.07, 6.45) is 0. The summed E-state index contributed by atoms with van der Waals surface area (Å²) in [5.74, 6) is -1.41. The first-order valence-electron chi connectivity index (χ1n) is 9.05. The average Bonchev–Trinajstić information content (AvgIpc) is 2.74. The molecule has 0 radical (unpaired) electrons. The summed E-state index contributed by atoms with van der Waals surface area (Å²) < 4.78 is 29.2. The molecule has 30 heavy (non-hydrogen) atoms. The van der Waals surface area contributed by atoms with Crippen LogP contribution in [0.15, 0.2) is 78.9 Å². The lowest BCUT2D eigenvalue weighted by Gasteiger charge is -2.11. The predicted octanol–water partition coefficient (Wildman–Crippen LogP) is 4.40. The fourth-order valence-electron chi connectivity index (χ4n) is 2.64. The van der Waals surface area contributed by atoms with E-state index in [1.54, 1.807) is 24.3 Å². The molecule has 0 spiro atoms. The third kappa shape index (κ3) is 6.03. The van der Waals surface area contributed by atoms with E-state index in [2.05, 4.69) is 20.7 Å². The summed E-state index contributed by atoms with van der Waals surface area (Å²) in [6.45, 7) is -3.38. The fourth-order valence-corrected chi connectivity index (χ4v) is 2.64. The van der Waals surface area contributed by atoms with Gasteiger partial charge in [0.25, 0.3) is 5.91 Å². The van der Waals surface area contributed by atoms with Crippen LogP contribution in [0.4, 0.5) is 25.8 Å². The maximum absolute atomic E-state index is 12.4. The van der Waals surface area contributed by atoms with Crippen LogP contribution in [0.2, 0.25) is 0 Å². The van der Waals surface area contributed by atoms with Crippen molar-refractivity contribution in [2.24, 2.45) is 0 Å². The van der Waals surface area contributed by atoms with Crippen molar-refractivity contribution in [2.45, 2.75) is 6.61 Å². The van der Waals surface area contributed by atoms with Crippen LogP contribution < -0.4 is 20.7 Å². The zero-order valence-corrected chi connectivity index (χ0v) is 15.8. The van der Waals surface area contributed by atoms with Gasteiger partial charge in [0.05, 0.1) is 12.1 Å². The van der Waals surface area contributed by atoms with E-state index >= 15 is 0 Å². The van der Waals surface area contributed by atoms with E-state index in [0.29, 0.717) is 5.69 Å². The van der Waals surface area contributed by atoms with Gasteiger partial charge >= 0.3 is 6.61 Å². The number of benzene rings is 3. The fraction of sp³-hybridized carbons (Fsp3) is 0.0909. The first kappa shape index (κ1) is 20.8. The van der Waals surface area contributed by atoms with Crippen LogP contribution in [-0.2, 0) is 4.79 Å². The zero-order valence-electron chi connectivity index (χ0n) is 15.8. The van der Waals surface area contributed by atoms with Gasteiger partial charge in [0.2, 0.25) is 5.91 Å². The van der Waals surface area contributed by atoms with Crippen LogP contribution in [0.3, 0.4) is 0 Å². The molecule has 0 bridgehead atoms. The van der Waals surface area contributed by atoms with E-state index in [0.717, 1.165) is 11.4 Å². The van der Waals surface area contributed by atoms with Gasteiger partial charge in [-0.25, -0.2) is 0 Å². The molecule has 3 aromatic rings. The number of alkyl halides is 2. The van der Waals surface area contributed by atoms with E-state index in [4.69, 9.17) is 0 Å². The number of amides is 2. The Hall–Kier alpha value is -3.94. The molecule has 0 aliphatic rings. The molecule has 0 saturated heterocycles. The molecule has 0 fully saturated rings. The van der Waals surface area contributed by atoms with Gasteiger partial charge < -0.3 is 20.7 Å². The Bertz CT molecular complexity index is 996. The molecular weight excluding hydrogens is 392 g/mol. The van der Waals surface area contributed by atoms with Crippen LogP contribution in [0, 0.1) is 0 Å². The minimum absolute atomic E-state index is 0.0815. The van der Waals surface area contributed by atoms with E-state index in [-0.39, 0.29) is 17.9 Å². The Labute approximate surface area is 171 Å². The Morgan fingerprint density at radius 1 is 0.800 bits per heavy atom. The monoisotopic (exact) mass is 411 g/mol. The van der Waals surface area contributed by atoms with Crippen molar-refractivity contribution in [3.05, 3.63) is 84.4 Å². The number of carbonyl (C=O) groups is 2. The first-order chi connectivity index (χ1) is 14.5. The minimum atomic E-state index is -3.05. The van der Waals surface area contributed by atoms with Crippen molar-refractivity contribution in [1.82, 2.24) is 5.32 Å². The normalized spacial score (nSPS) is 10.4. The summed E-state index contributed by atoms with van der Waals surface area (Å²) in [5, 5.41) is 8.27. The van der Waals surface area contributed by atoms with Crippen molar-refractivity contribution < 1.29 is 23.1 Å². The topological polar surface area (TPSA) is 79.5 Å². The maximum atomic E-state index is 12.4. The molecule has 0 atom stereocenters. The summed E-state index contributed by atoms with van der Waals surface area (Å²) in [7, 11) is 0. The van der Waals surface area contributed by atoms with Gasteiger partial charge in [-0.05, 0) is 48.5 Å². The largest absolute Gasteiger partial charge is 0.434 e. The average molecular weight is 411 g/mol. The van der Waals surface area contributed by atoms with Crippen molar-refractivity contribution in [3.63, 3.8) is 0 Å². The number of hydrogen-bond donors (Lipinski definition) is 3. The first-order valence-corrected chi connectivity index (χ1v) is 9.05. The molecule has 0 unspecified atom stereocenters. The number of hydrogen-bond acceptors (Lipinski definition) is 4. The van der Waals surface area contributed by atoms with Crippen molar-refractivity contribution in [3.8, 4) is 5.75 Å². The number of rotatable bonds is 8. The highest BCUT2D eigenvalue weighted by Crippen LogP contribution is 2.20. The Kier molecular flexibility index (Phi) is 6.94. The molecule has 154 valence electrons. The highest BCUT2D eigenvalue weighted by Gasteiger charge is 2.16. The molecule has 3 aromatic carbocycles. The highest BCUT2D eigenvalue weighted by atomic mass is 19.3. The lowest BCUT2D eigenvalue weighted by Crippen LogP contribution is -2.33. The van der Waals surface area contributed by atoms with Crippen LogP contribution >= 0.6 is 0 Å². The van der Waals surface area contributed by atoms with E-state index in [1.165, 1.54) is 24.3 Å². The minimum Gasteiger partial charge on any atom is -0.434 e. The second kappa shape index (κ2) is 10.0. The van der Waals surface area contributed by atoms with Gasteiger partial charge in [0.15, 0.2) is 0 Å². The maximum Gasteiger partial charge on any atom is 0.387 e. The Morgan fingerprint density at radius 2 is 1.40 bits per heavy atom. The number of nitrogens with one attached hydrogen (secondary N) is 3. The van der Waals surface area contributed by atoms with Gasteiger partial charge in [0.1, 0.15) is 5.75 Å². The summed E-state index contributed by atoms with van der Waals surface area (Å²) in [5.41, 5.74) is 2.26. The van der Waals surface area contributed by atoms with Gasteiger partial charge in [0, 0.05) is 17.1 Å². The molecule has 0 saturated carbocycles. The molecular formula is C22H19F2N3O3. The lowest BCUT2D eigenvalue weighted by molar-refractivity contribution is -0.115. The second-order valence-corrected chi connectivity index (χ2v) is 6.17. The van der Waals surface area contributed by atoms with Gasteiger partial charge in [-0.3, -0.25) is 9.59 Å². The number of halogens is 2.